The maximum absolute atomic E-state index is 12.7. The van der Waals surface area contributed by atoms with Crippen molar-refractivity contribution in [2.45, 2.75) is 12.8 Å². The highest BCUT2D eigenvalue weighted by Crippen LogP contribution is 2.36. The first kappa shape index (κ1) is 23.3. The Morgan fingerprint density at radius 2 is 1.86 bits per heavy atom. The average molecular weight is 529 g/mol. The molecule has 1 fully saturated rings. The Kier molecular flexibility index (Phi) is 6.46. The van der Waals surface area contributed by atoms with Crippen molar-refractivity contribution in [3.05, 3.63) is 64.1 Å². The first-order chi connectivity index (χ1) is 16.9. The van der Waals surface area contributed by atoms with Crippen LogP contribution in [0.2, 0.25) is 10.0 Å². The number of hydrogen-bond donors (Lipinski definition) is 2. The van der Waals surface area contributed by atoms with Crippen LogP contribution >= 0.6 is 34.5 Å². The Morgan fingerprint density at radius 1 is 1.03 bits per heavy atom. The van der Waals surface area contributed by atoms with Crippen LogP contribution in [0.25, 0.3) is 10.3 Å². The number of thiazole rings is 1. The summed E-state index contributed by atoms with van der Waals surface area (Å²) in [5, 5.41) is 6.59. The van der Waals surface area contributed by atoms with Crippen molar-refractivity contribution in [3.8, 4) is 17.4 Å². The van der Waals surface area contributed by atoms with Crippen molar-refractivity contribution < 1.29 is 19.1 Å². The maximum atomic E-state index is 12.7. The fraction of sp³-hybridized carbons (Fsp3) is 0.167. The molecule has 0 aliphatic heterocycles. The van der Waals surface area contributed by atoms with Gasteiger partial charge in [0.15, 0.2) is 16.6 Å². The monoisotopic (exact) mass is 528 g/mol. The molecule has 11 heteroatoms. The molecule has 8 nitrogen and oxygen atoms in total. The van der Waals surface area contributed by atoms with E-state index in [1.807, 2.05) is 0 Å². The van der Waals surface area contributed by atoms with E-state index in [2.05, 4.69) is 20.6 Å². The van der Waals surface area contributed by atoms with Gasteiger partial charge in [-0.15, -0.1) is 0 Å². The highest BCUT2D eigenvalue weighted by molar-refractivity contribution is 7.21. The minimum atomic E-state index is -0.418. The van der Waals surface area contributed by atoms with Crippen LogP contribution in [0.4, 0.5) is 10.8 Å². The van der Waals surface area contributed by atoms with Crippen LogP contribution in [0.5, 0.6) is 17.4 Å². The van der Waals surface area contributed by atoms with Gasteiger partial charge in [-0.3, -0.25) is 9.59 Å². The summed E-state index contributed by atoms with van der Waals surface area (Å²) >= 11 is 13.5. The smallest absolute Gasteiger partial charge is 0.257 e. The first-order valence-electron chi connectivity index (χ1n) is 10.6. The van der Waals surface area contributed by atoms with Crippen LogP contribution < -0.4 is 20.1 Å². The minimum Gasteiger partial charge on any atom is -0.493 e. The second-order valence-corrected chi connectivity index (χ2v) is 9.54. The number of rotatable bonds is 7. The highest BCUT2D eigenvalue weighted by Gasteiger charge is 2.30. The Bertz CT molecular complexity index is 1450. The number of anilines is 2. The number of ether oxygens (including phenoxy) is 2. The Labute approximate surface area is 214 Å². The van der Waals surface area contributed by atoms with Crippen molar-refractivity contribution in [1.82, 2.24) is 9.97 Å². The van der Waals surface area contributed by atoms with Crippen LogP contribution in [0.3, 0.4) is 0 Å². The van der Waals surface area contributed by atoms with Gasteiger partial charge < -0.3 is 20.1 Å². The molecular formula is C24H18Cl2N4O4S. The lowest BCUT2D eigenvalue weighted by Crippen LogP contribution is -2.12. The molecule has 1 saturated carbocycles. The number of amides is 2. The van der Waals surface area contributed by atoms with E-state index in [1.165, 1.54) is 18.4 Å². The van der Waals surface area contributed by atoms with E-state index in [0.717, 1.165) is 12.8 Å². The highest BCUT2D eigenvalue weighted by atomic mass is 35.5. The number of benzene rings is 2. The summed E-state index contributed by atoms with van der Waals surface area (Å²) in [6.45, 7) is 0. The molecule has 0 bridgehead atoms. The summed E-state index contributed by atoms with van der Waals surface area (Å²) in [7, 11) is 1.51. The van der Waals surface area contributed by atoms with Crippen molar-refractivity contribution in [2.24, 2.45) is 5.92 Å². The van der Waals surface area contributed by atoms with Gasteiger partial charge in [0, 0.05) is 23.7 Å². The molecule has 2 amide bonds. The van der Waals surface area contributed by atoms with Crippen LogP contribution in [0.1, 0.15) is 23.2 Å². The molecule has 35 heavy (non-hydrogen) atoms. The van der Waals surface area contributed by atoms with E-state index in [9.17, 15) is 9.59 Å². The summed E-state index contributed by atoms with van der Waals surface area (Å²) in [6.07, 6.45) is 1.83. The third-order valence-corrected chi connectivity index (χ3v) is 6.94. The van der Waals surface area contributed by atoms with E-state index in [0.29, 0.717) is 38.5 Å². The van der Waals surface area contributed by atoms with Gasteiger partial charge in [0.2, 0.25) is 11.8 Å². The Hall–Kier alpha value is -3.40. The first-order valence-corrected chi connectivity index (χ1v) is 12.2. The van der Waals surface area contributed by atoms with Gasteiger partial charge >= 0.3 is 0 Å². The fourth-order valence-corrected chi connectivity index (χ4v) is 4.51. The molecule has 5 rings (SSSR count). The number of fused-ring (bicyclic) bond motifs is 1. The minimum absolute atomic E-state index is 0.0109. The molecule has 0 spiro atoms. The van der Waals surface area contributed by atoms with Gasteiger partial charge in [-0.25, -0.2) is 9.97 Å². The molecule has 1 aliphatic carbocycles. The molecule has 2 aromatic heterocycles. The molecule has 0 atom stereocenters. The number of carbonyl (C=O) groups excluding carboxylic acids is 2. The topological polar surface area (TPSA) is 102 Å². The van der Waals surface area contributed by atoms with Gasteiger partial charge in [0.25, 0.3) is 5.91 Å². The van der Waals surface area contributed by atoms with Crippen LogP contribution in [-0.2, 0) is 4.79 Å². The summed E-state index contributed by atoms with van der Waals surface area (Å²) in [4.78, 5) is 34.3. The summed E-state index contributed by atoms with van der Waals surface area (Å²) in [6, 6.07) is 13.2. The van der Waals surface area contributed by atoms with Crippen molar-refractivity contribution in [2.75, 3.05) is 17.7 Å². The molecule has 2 N–H and O–H groups in total. The molecule has 0 unspecified atom stereocenters. The van der Waals surface area contributed by atoms with Crippen LogP contribution in [0, 0.1) is 5.92 Å². The predicted molar refractivity (Wildman–Crippen MR) is 136 cm³/mol. The van der Waals surface area contributed by atoms with Gasteiger partial charge in [0.05, 0.1) is 22.7 Å². The number of nitrogens with one attached hydrogen (secondary N) is 2. The maximum Gasteiger partial charge on any atom is 0.257 e. The summed E-state index contributed by atoms with van der Waals surface area (Å²) < 4.78 is 11.4. The SMILES string of the molecule is COc1ccc(NC(=O)c2cccc(Cl)c2Cl)cc1Oc1ccc2nc(NC(=O)C3CC3)sc2n1. The van der Waals surface area contributed by atoms with E-state index in [4.69, 9.17) is 32.7 Å². The predicted octanol–water partition coefficient (Wildman–Crippen LogP) is 6.40. The van der Waals surface area contributed by atoms with E-state index >= 15 is 0 Å². The van der Waals surface area contributed by atoms with E-state index < -0.39 is 5.91 Å². The van der Waals surface area contributed by atoms with Crippen LogP contribution in [0.15, 0.2) is 48.5 Å². The lowest BCUT2D eigenvalue weighted by Gasteiger charge is -2.13. The Balaban J connectivity index is 1.36. The lowest BCUT2D eigenvalue weighted by molar-refractivity contribution is -0.117. The molecule has 4 aromatic rings. The molecule has 0 saturated heterocycles. The summed E-state index contributed by atoms with van der Waals surface area (Å²) in [5.41, 5.74) is 1.37. The van der Waals surface area contributed by atoms with Crippen molar-refractivity contribution in [3.63, 3.8) is 0 Å². The zero-order valence-corrected chi connectivity index (χ0v) is 20.6. The number of methoxy groups -OCH3 is 1. The molecule has 0 radical (unpaired) electrons. The van der Waals surface area contributed by atoms with Gasteiger partial charge in [-0.2, -0.15) is 0 Å². The standard InChI is InChI=1S/C24H18Cl2N4O4S/c1-33-17-9-7-13(27-22(32)14-3-2-4-15(25)20(14)26)11-18(17)34-19-10-8-16-23(29-19)35-24(28-16)30-21(31)12-5-6-12/h2-4,7-12H,5-6H2,1H3,(H,27,32)(H,28,30,31). The van der Waals surface area contributed by atoms with Gasteiger partial charge in [-0.1, -0.05) is 40.6 Å². The molecule has 2 aromatic carbocycles. The average Bonchev–Trinajstić information content (AvgIpc) is 3.62. The van der Waals surface area contributed by atoms with Crippen LogP contribution in [-0.4, -0.2) is 28.9 Å². The summed E-state index contributed by atoms with van der Waals surface area (Å²) in [5.74, 6) is 0.764. The fourth-order valence-electron chi connectivity index (χ4n) is 3.29. The van der Waals surface area contributed by atoms with E-state index in [1.54, 1.807) is 48.5 Å². The number of pyridine rings is 1. The normalized spacial score (nSPS) is 12.9. The third-order valence-electron chi connectivity index (χ3n) is 5.24. The van der Waals surface area contributed by atoms with Crippen molar-refractivity contribution in [1.29, 1.82) is 0 Å². The number of carbonyl (C=O) groups is 2. The number of hydrogen-bond acceptors (Lipinski definition) is 7. The molecule has 1 aliphatic rings. The van der Waals surface area contributed by atoms with Crippen molar-refractivity contribution >= 4 is 67.5 Å². The second-order valence-electron chi connectivity index (χ2n) is 7.78. The Morgan fingerprint density at radius 3 is 2.63 bits per heavy atom. The third kappa shape index (κ3) is 5.17. The number of aromatic nitrogens is 2. The zero-order chi connectivity index (χ0) is 24.5. The van der Waals surface area contributed by atoms with Gasteiger partial charge in [0.1, 0.15) is 10.3 Å². The molecule has 2 heterocycles. The quantitative estimate of drug-likeness (QED) is 0.287. The molecular weight excluding hydrogens is 511 g/mol. The van der Waals surface area contributed by atoms with E-state index in [-0.39, 0.29) is 27.4 Å². The molecule has 178 valence electrons. The number of nitrogens with zero attached hydrogens (tertiary/aromatic N) is 2. The van der Waals surface area contributed by atoms with Gasteiger partial charge in [-0.05, 0) is 43.2 Å². The largest absolute Gasteiger partial charge is 0.493 e. The number of halogens is 2. The zero-order valence-electron chi connectivity index (χ0n) is 18.3. The second kappa shape index (κ2) is 9.69. The lowest BCUT2D eigenvalue weighted by atomic mass is 10.2.